The lowest BCUT2D eigenvalue weighted by molar-refractivity contribution is 0.0998. The van der Waals surface area contributed by atoms with Crippen molar-refractivity contribution in [2.75, 3.05) is 5.73 Å². The molecule has 33 heavy (non-hydrogen) atoms. The molecule has 0 fully saturated rings. The number of amides is 1. The Balaban J connectivity index is 1.51. The molecule has 0 saturated heterocycles. The van der Waals surface area contributed by atoms with E-state index in [-0.39, 0.29) is 22.5 Å². The number of aryl methyl sites for hydroxylation is 3. The standard InChI is InChI=1S/C25H27ClIN5O/c26-23-20(16-13-18-11-14-19(27)15-12-18)30-24(29)22(32-23)25(33)31-21(28)10-6-2-5-9-17-7-3-1-4-8-17/h1,3-4,7-8,11-12,14-15H,2,5-6,9-10,13,16H2,(H2,29,30)(H2,28,31,33). The highest BCUT2D eigenvalue weighted by molar-refractivity contribution is 14.1. The van der Waals surface area contributed by atoms with Gasteiger partial charge in [0.1, 0.15) is 5.84 Å². The fourth-order valence-corrected chi connectivity index (χ4v) is 3.97. The van der Waals surface area contributed by atoms with Gasteiger partial charge in [0.15, 0.2) is 16.7 Å². The summed E-state index contributed by atoms with van der Waals surface area (Å²) in [6.45, 7) is 0. The topological polar surface area (TPSA) is 107 Å². The lowest BCUT2D eigenvalue weighted by Gasteiger charge is -2.08. The van der Waals surface area contributed by atoms with Crippen molar-refractivity contribution >= 4 is 51.8 Å². The largest absolute Gasteiger partial charge is 0.387 e. The van der Waals surface area contributed by atoms with Gasteiger partial charge in [0.05, 0.1) is 5.69 Å². The van der Waals surface area contributed by atoms with Crippen LogP contribution in [-0.2, 0) is 19.3 Å². The second kappa shape index (κ2) is 12.6. The number of carbonyl (C=O) groups excluding carboxylic acids is 1. The molecule has 4 N–H and O–H groups in total. The molecular weight excluding hydrogens is 549 g/mol. The van der Waals surface area contributed by atoms with Crippen LogP contribution < -0.4 is 11.5 Å². The van der Waals surface area contributed by atoms with Gasteiger partial charge in [-0.15, -0.1) is 0 Å². The van der Waals surface area contributed by atoms with E-state index in [4.69, 9.17) is 23.1 Å². The van der Waals surface area contributed by atoms with Crippen LogP contribution in [0.1, 0.15) is 53.0 Å². The van der Waals surface area contributed by atoms with Crippen LogP contribution in [0.3, 0.4) is 0 Å². The third-order valence-electron chi connectivity index (χ3n) is 5.20. The highest BCUT2D eigenvalue weighted by Gasteiger charge is 2.17. The first kappa shape index (κ1) is 25.1. The number of unbranched alkanes of at least 4 members (excludes halogenated alkanes) is 2. The summed E-state index contributed by atoms with van der Waals surface area (Å²) in [5, 5.41) is 0.160. The van der Waals surface area contributed by atoms with E-state index in [2.05, 4.69) is 61.8 Å². The fourth-order valence-electron chi connectivity index (χ4n) is 3.39. The lowest BCUT2D eigenvalue weighted by Crippen LogP contribution is -2.17. The van der Waals surface area contributed by atoms with E-state index in [9.17, 15) is 4.79 Å². The lowest BCUT2D eigenvalue weighted by atomic mass is 10.1. The van der Waals surface area contributed by atoms with Crippen molar-refractivity contribution in [3.8, 4) is 0 Å². The minimum Gasteiger partial charge on any atom is -0.387 e. The summed E-state index contributed by atoms with van der Waals surface area (Å²) in [7, 11) is 0. The van der Waals surface area contributed by atoms with E-state index < -0.39 is 5.91 Å². The predicted molar refractivity (Wildman–Crippen MR) is 143 cm³/mol. The van der Waals surface area contributed by atoms with Crippen molar-refractivity contribution in [2.24, 2.45) is 10.7 Å². The number of aliphatic imine (C=N–C) groups is 1. The molecule has 0 aliphatic carbocycles. The number of aromatic nitrogens is 2. The van der Waals surface area contributed by atoms with E-state index in [0.29, 0.717) is 18.5 Å². The molecule has 3 aromatic rings. The van der Waals surface area contributed by atoms with Gasteiger partial charge < -0.3 is 11.5 Å². The predicted octanol–water partition coefficient (Wildman–Crippen LogP) is 5.40. The van der Waals surface area contributed by atoms with Crippen LogP contribution in [0.25, 0.3) is 0 Å². The van der Waals surface area contributed by atoms with Gasteiger partial charge in [-0.3, -0.25) is 4.79 Å². The zero-order chi connectivity index (χ0) is 23.6. The molecule has 3 rings (SSSR count). The SMILES string of the molecule is NC(CCCCCc1ccccc1)=NC(=O)c1nc(Cl)c(CCc2ccc(I)cc2)nc1N. The number of halogens is 2. The number of hydrogen-bond donors (Lipinski definition) is 2. The molecule has 1 heterocycles. The molecule has 0 radical (unpaired) electrons. The number of anilines is 1. The van der Waals surface area contributed by atoms with Crippen LogP contribution in [0.4, 0.5) is 5.82 Å². The average Bonchev–Trinajstić information content (AvgIpc) is 2.80. The van der Waals surface area contributed by atoms with E-state index in [1.54, 1.807) is 0 Å². The molecule has 0 atom stereocenters. The van der Waals surface area contributed by atoms with Crippen molar-refractivity contribution in [1.29, 1.82) is 0 Å². The Labute approximate surface area is 213 Å². The molecule has 0 bridgehead atoms. The minimum absolute atomic E-state index is 0.0152. The minimum atomic E-state index is -0.618. The highest BCUT2D eigenvalue weighted by atomic mass is 127. The summed E-state index contributed by atoms with van der Waals surface area (Å²) in [6.07, 6.45) is 5.79. The average molecular weight is 576 g/mol. The molecule has 8 heteroatoms. The number of amidine groups is 1. The molecule has 0 saturated carbocycles. The molecule has 0 aliphatic rings. The number of carbonyl (C=O) groups is 1. The van der Waals surface area contributed by atoms with Crippen molar-refractivity contribution in [3.63, 3.8) is 0 Å². The molecule has 1 aromatic heterocycles. The summed E-state index contributed by atoms with van der Waals surface area (Å²) in [5.41, 5.74) is 14.9. The number of nitrogens with zero attached hydrogens (tertiary/aromatic N) is 3. The van der Waals surface area contributed by atoms with E-state index in [1.807, 2.05) is 30.3 Å². The van der Waals surface area contributed by atoms with Gasteiger partial charge in [-0.1, -0.05) is 60.5 Å². The third kappa shape index (κ3) is 8.08. The Kier molecular flexibility index (Phi) is 9.62. The molecule has 1 amide bonds. The van der Waals surface area contributed by atoms with E-state index >= 15 is 0 Å². The van der Waals surface area contributed by atoms with Gasteiger partial charge in [0, 0.05) is 9.99 Å². The Morgan fingerprint density at radius 3 is 2.33 bits per heavy atom. The summed E-state index contributed by atoms with van der Waals surface area (Å²) < 4.78 is 1.17. The van der Waals surface area contributed by atoms with Crippen molar-refractivity contribution < 1.29 is 4.79 Å². The van der Waals surface area contributed by atoms with Gasteiger partial charge in [0.2, 0.25) is 0 Å². The Bertz CT molecular complexity index is 1100. The van der Waals surface area contributed by atoms with Crippen LogP contribution in [-0.4, -0.2) is 21.7 Å². The second-order valence-electron chi connectivity index (χ2n) is 7.78. The Morgan fingerprint density at radius 2 is 1.61 bits per heavy atom. The molecule has 0 spiro atoms. The smallest absolute Gasteiger partial charge is 0.301 e. The monoisotopic (exact) mass is 575 g/mol. The third-order valence-corrected chi connectivity index (χ3v) is 6.22. The van der Waals surface area contributed by atoms with Gasteiger partial charge in [-0.25, -0.2) is 9.97 Å². The first-order chi connectivity index (χ1) is 15.9. The summed E-state index contributed by atoms with van der Waals surface area (Å²) in [6, 6.07) is 18.6. The maximum Gasteiger partial charge on any atom is 0.301 e. The molecule has 0 unspecified atom stereocenters. The number of nitrogen functional groups attached to an aromatic ring is 1. The van der Waals surface area contributed by atoms with Crippen LogP contribution in [0.5, 0.6) is 0 Å². The summed E-state index contributed by atoms with van der Waals surface area (Å²) in [4.78, 5) is 24.9. The normalized spacial score (nSPS) is 11.5. The molecule has 2 aromatic carbocycles. The first-order valence-electron chi connectivity index (χ1n) is 10.9. The van der Waals surface area contributed by atoms with Crippen LogP contribution in [0, 0.1) is 3.57 Å². The van der Waals surface area contributed by atoms with Gasteiger partial charge in [-0.2, -0.15) is 4.99 Å². The van der Waals surface area contributed by atoms with Crippen molar-refractivity contribution in [1.82, 2.24) is 9.97 Å². The summed E-state index contributed by atoms with van der Waals surface area (Å²) >= 11 is 8.55. The molecule has 0 aliphatic heterocycles. The number of rotatable bonds is 10. The number of nitrogens with two attached hydrogens (primary N) is 2. The Hall–Kier alpha value is -2.52. The van der Waals surface area contributed by atoms with Crippen molar-refractivity contribution in [2.45, 2.75) is 44.9 Å². The van der Waals surface area contributed by atoms with Gasteiger partial charge in [-0.05, 0) is 78.0 Å². The number of hydrogen-bond acceptors (Lipinski definition) is 4. The van der Waals surface area contributed by atoms with Crippen LogP contribution in [0.2, 0.25) is 5.15 Å². The zero-order valence-electron chi connectivity index (χ0n) is 18.3. The van der Waals surface area contributed by atoms with E-state index in [1.165, 1.54) is 9.13 Å². The maximum absolute atomic E-state index is 12.5. The van der Waals surface area contributed by atoms with Crippen LogP contribution in [0.15, 0.2) is 59.6 Å². The molecule has 6 nitrogen and oxygen atoms in total. The number of benzene rings is 2. The van der Waals surface area contributed by atoms with E-state index in [0.717, 1.165) is 37.7 Å². The fraction of sp³-hybridized carbons (Fsp3) is 0.280. The molecular formula is C25H27ClIN5O. The van der Waals surface area contributed by atoms with Crippen molar-refractivity contribution in [3.05, 3.63) is 85.8 Å². The molecule has 172 valence electrons. The highest BCUT2D eigenvalue weighted by Crippen LogP contribution is 2.19. The second-order valence-corrected chi connectivity index (χ2v) is 9.38. The zero-order valence-corrected chi connectivity index (χ0v) is 21.2. The quantitative estimate of drug-likeness (QED) is 0.146. The summed E-state index contributed by atoms with van der Waals surface area (Å²) in [5.74, 6) is -0.339. The van der Waals surface area contributed by atoms with Gasteiger partial charge in [0.25, 0.3) is 0 Å². The van der Waals surface area contributed by atoms with Gasteiger partial charge >= 0.3 is 5.91 Å². The Morgan fingerprint density at radius 1 is 0.909 bits per heavy atom. The first-order valence-corrected chi connectivity index (χ1v) is 12.4. The van der Waals surface area contributed by atoms with Crippen LogP contribution >= 0.6 is 34.2 Å². The maximum atomic E-state index is 12.5.